The lowest BCUT2D eigenvalue weighted by molar-refractivity contribution is 0.555. The molecule has 55 heavy (non-hydrogen) atoms. The zero-order valence-corrected chi connectivity index (χ0v) is 29.8. The van der Waals surface area contributed by atoms with E-state index in [2.05, 4.69) is 150 Å². The van der Waals surface area contributed by atoms with Crippen LogP contribution in [0.4, 0.5) is 5.69 Å². The number of hydrogen-bond donors (Lipinski definition) is 2. The Kier molecular flexibility index (Phi) is 8.08. The highest BCUT2D eigenvalue weighted by Gasteiger charge is 2.23. The molecule has 0 saturated carbocycles. The van der Waals surface area contributed by atoms with E-state index in [1.54, 1.807) is 0 Å². The molecule has 3 aromatic heterocycles. The third-order valence-corrected chi connectivity index (χ3v) is 10.1. The minimum absolute atomic E-state index is 0.520. The molecular weight excluding hydrogens is 673 g/mol. The second-order valence-electron chi connectivity index (χ2n) is 13.5. The van der Waals surface area contributed by atoms with Crippen molar-refractivity contribution in [2.24, 2.45) is 4.99 Å². The van der Waals surface area contributed by atoms with Gasteiger partial charge in [0.25, 0.3) is 0 Å². The number of aliphatic imine (C=N–C) groups is 1. The molecule has 10 rings (SSSR count). The predicted molar refractivity (Wildman–Crippen MR) is 227 cm³/mol. The molecule has 0 aliphatic carbocycles. The minimum atomic E-state index is 0.520. The van der Waals surface area contributed by atoms with E-state index in [9.17, 15) is 0 Å². The van der Waals surface area contributed by atoms with Crippen molar-refractivity contribution in [2.75, 3.05) is 0 Å². The fourth-order valence-electron chi connectivity index (χ4n) is 7.60. The summed E-state index contributed by atoms with van der Waals surface area (Å²) in [5.74, 6) is 1.23. The van der Waals surface area contributed by atoms with E-state index in [0.717, 1.165) is 89.2 Å². The van der Waals surface area contributed by atoms with Crippen molar-refractivity contribution in [3.8, 4) is 50.3 Å². The van der Waals surface area contributed by atoms with Crippen LogP contribution in [0, 0.1) is 0 Å². The van der Waals surface area contributed by atoms with Gasteiger partial charge in [0.15, 0.2) is 0 Å². The molecule has 2 N–H and O–H groups in total. The first-order valence-electron chi connectivity index (χ1n) is 18.4. The number of aromatic amines is 2. The molecule has 5 nitrogen and oxygen atoms in total. The molecule has 0 spiro atoms. The van der Waals surface area contributed by atoms with Crippen LogP contribution in [0.25, 0.3) is 78.7 Å². The van der Waals surface area contributed by atoms with Crippen molar-refractivity contribution in [3.05, 3.63) is 199 Å². The SMILES string of the molecule is C1=Cc2nc1c(-c1ccccc1)c1ccc([nH]1)c(-c1ccccc1)c1cc(c(-c3ccccc3)c3ccc([nH]3)c2-c2ccccc2)C(Oc2ccccc2)=N1. The molecule has 5 heterocycles. The van der Waals surface area contributed by atoms with Gasteiger partial charge in [0.1, 0.15) is 5.75 Å². The summed E-state index contributed by atoms with van der Waals surface area (Å²) < 4.78 is 6.72. The van der Waals surface area contributed by atoms with Gasteiger partial charge in [-0.25, -0.2) is 9.98 Å². The number of rotatable bonds is 5. The van der Waals surface area contributed by atoms with Crippen LogP contribution >= 0.6 is 0 Å². The molecule has 0 atom stereocenters. The standard InChI is InChI=1S/C50H34N4O/c1-6-16-33(17-7-1)46-38-32-45(54-50(38)55-37-24-14-5-15-25-37)49(36-22-12-4-13-23-36)44-31-30-43(53-44)48(35-20-10-3-11-21-35)42-29-28-41(52-42)47(34-18-8-2-9-19-34)40-27-26-39(46)51-40/h1-32,51,53H. The van der Waals surface area contributed by atoms with Gasteiger partial charge in [0.2, 0.25) is 5.90 Å². The summed E-state index contributed by atoms with van der Waals surface area (Å²) in [7, 11) is 0. The maximum absolute atomic E-state index is 6.72. The van der Waals surface area contributed by atoms with Crippen molar-refractivity contribution in [2.45, 2.75) is 0 Å². The van der Waals surface area contributed by atoms with Crippen molar-refractivity contribution in [1.29, 1.82) is 0 Å². The van der Waals surface area contributed by atoms with Gasteiger partial charge in [-0.1, -0.05) is 140 Å². The van der Waals surface area contributed by atoms with E-state index < -0.39 is 0 Å². The molecule has 0 fully saturated rings. The molecule has 0 radical (unpaired) electrons. The van der Waals surface area contributed by atoms with Gasteiger partial charge in [-0.2, -0.15) is 0 Å². The van der Waals surface area contributed by atoms with Crippen LogP contribution in [-0.2, 0) is 0 Å². The van der Waals surface area contributed by atoms with Gasteiger partial charge in [-0.3, -0.25) is 0 Å². The summed E-state index contributed by atoms with van der Waals surface area (Å²) >= 11 is 0. The zero-order valence-electron chi connectivity index (χ0n) is 29.8. The Morgan fingerprint density at radius 3 is 1.24 bits per heavy atom. The average molecular weight is 707 g/mol. The molecule has 8 aromatic rings. The number of ether oxygens (including phenoxy) is 1. The summed E-state index contributed by atoms with van der Waals surface area (Å²) in [6, 6.07) is 62.5. The summed E-state index contributed by atoms with van der Waals surface area (Å²) in [5, 5.41) is 0. The van der Waals surface area contributed by atoms with Crippen LogP contribution in [0.3, 0.4) is 0 Å². The Morgan fingerprint density at radius 1 is 0.382 bits per heavy atom. The number of para-hydroxylation sites is 1. The second kappa shape index (κ2) is 13.8. The summed E-state index contributed by atoms with van der Waals surface area (Å²) in [6.45, 7) is 0. The van der Waals surface area contributed by atoms with Crippen molar-refractivity contribution >= 4 is 45.8 Å². The number of nitrogens with one attached hydrogen (secondary N) is 2. The molecule has 0 saturated heterocycles. The Morgan fingerprint density at radius 2 is 0.764 bits per heavy atom. The van der Waals surface area contributed by atoms with Crippen molar-refractivity contribution in [3.63, 3.8) is 0 Å². The molecule has 2 aliphatic heterocycles. The van der Waals surface area contributed by atoms with E-state index in [1.165, 1.54) is 0 Å². The fourth-order valence-corrected chi connectivity index (χ4v) is 7.60. The van der Waals surface area contributed by atoms with Gasteiger partial charge in [-0.05, 0) is 76.9 Å². The molecule has 5 heteroatoms. The highest BCUT2D eigenvalue weighted by atomic mass is 16.5. The van der Waals surface area contributed by atoms with Gasteiger partial charge in [-0.15, -0.1) is 0 Å². The van der Waals surface area contributed by atoms with Crippen LogP contribution in [-0.4, -0.2) is 20.8 Å². The predicted octanol–water partition coefficient (Wildman–Crippen LogP) is 12.9. The molecule has 8 bridgehead atoms. The Balaban J connectivity index is 1.41. The number of hydrogen-bond acceptors (Lipinski definition) is 3. The number of H-pyrrole nitrogens is 2. The normalized spacial score (nSPS) is 12.0. The monoisotopic (exact) mass is 706 g/mol. The summed E-state index contributed by atoms with van der Waals surface area (Å²) in [5.41, 5.74) is 15.4. The molecule has 2 aliphatic rings. The van der Waals surface area contributed by atoms with Crippen LogP contribution in [0.2, 0.25) is 0 Å². The van der Waals surface area contributed by atoms with E-state index in [4.69, 9.17) is 14.7 Å². The third-order valence-electron chi connectivity index (χ3n) is 10.1. The highest BCUT2D eigenvalue weighted by Crippen LogP contribution is 2.42. The van der Waals surface area contributed by atoms with E-state index >= 15 is 0 Å². The average Bonchev–Trinajstić information content (AvgIpc) is 4.08. The second-order valence-corrected chi connectivity index (χ2v) is 13.5. The fraction of sp³-hybridized carbons (Fsp3) is 0. The van der Waals surface area contributed by atoms with Gasteiger partial charge < -0.3 is 14.7 Å². The third kappa shape index (κ3) is 6.04. The quantitative estimate of drug-likeness (QED) is 0.187. The molecule has 5 aromatic carbocycles. The summed E-state index contributed by atoms with van der Waals surface area (Å²) in [6.07, 6.45) is 4.26. The Hall–Kier alpha value is -7.50. The zero-order chi connectivity index (χ0) is 36.6. The smallest absolute Gasteiger partial charge is 0.227 e. The van der Waals surface area contributed by atoms with Crippen molar-refractivity contribution in [1.82, 2.24) is 15.0 Å². The highest BCUT2D eigenvalue weighted by molar-refractivity contribution is 6.11. The first-order valence-corrected chi connectivity index (χ1v) is 18.4. The molecule has 0 amide bonds. The lowest BCUT2D eigenvalue weighted by atomic mass is 10.00. The lowest BCUT2D eigenvalue weighted by Gasteiger charge is -2.10. The van der Waals surface area contributed by atoms with Crippen LogP contribution in [0.5, 0.6) is 5.75 Å². The molecule has 260 valence electrons. The summed E-state index contributed by atoms with van der Waals surface area (Å²) in [4.78, 5) is 18.4. The molecule has 0 unspecified atom stereocenters. The van der Waals surface area contributed by atoms with Gasteiger partial charge >= 0.3 is 0 Å². The van der Waals surface area contributed by atoms with Crippen molar-refractivity contribution < 1.29 is 4.74 Å². The van der Waals surface area contributed by atoms with Crippen LogP contribution < -0.4 is 4.74 Å². The minimum Gasteiger partial charge on any atom is -0.438 e. The number of fused-ring (bicyclic) bond motifs is 8. The molecular formula is C50H34N4O. The number of aromatic nitrogens is 3. The Labute approximate surface area is 318 Å². The van der Waals surface area contributed by atoms with E-state index in [0.29, 0.717) is 11.6 Å². The maximum atomic E-state index is 6.72. The lowest BCUT2D eigenvalue weighted by Crippen LogP contribution is -2.08. The first kappa shape index (κ1) is 32.2. The van der Waals surface area contributed by atoms with Gasteiger partial charge in [0, 0.05) is 49.9 Å². The largest absolute Gasteiger partial charge is 0.438 e. The number of benzene rings is 5. The maximum Gasteiger partial charge on any atom is 0.227 e. The van der Waals surface area contributed by atoms with Crippen LogP contribution in [0.15, 0.2) is 187 Å². The first-order chi connectivity index (χ1) is 27.3. The van der Waals surface area contributed by atoms with E-state index in [1.807, 2.05) is 54.6 Å². The van der Waals surface area contributed by atoms with E-state index in [-0.39, 0.29) is 0 Å². The number of nitrogens with zero attached hydrogens (tertiary/aromatic N) is 2. The topological polar surface area (TPSA) is 66.1 Å². The van der Waals surface area contributed by atoms with Crippen LogP contribution in [0.1, 0.15) is 17.0 Å². The Bertz CT molecular complexity index is 2910. The van der Waals surface area contributed by atoms with Gasteiger partial charge in [0.05, 0.1) is 17.1 Å².